The van der Waals surface area contributed by atoms with Gasteiger partial charge in [0, 0.05) is 32.7 Å². The van der Waals surface area contributed by atoms with Crippen LogP contribution in [0.5, 0.6) is 0 Å². The summed E-state index contributed by atoms with van der Waals surface area (Å²) in [5.74, 6) is -1.03. The number of hydrogen-bond donors (Lipinski definition) is 2. The standard InChI is InChI=1S/C14H19N3O3/c18-13(19)10-15-14(20)17-8-6-16(7-9-17)11-12-4-2-1-3-5-12/h1-5H,6-11H2,(H,15,20)(H,18,19). The van der Waals surface area contributed by atoms with Gasteiger partial charge < -0.3 is 15.3 Å². The second-order valence-corrected chi connectivity index (χ2v) is 4.80. The molecular weight excluding hydrogens is 258 g/mol. The first kappa shape index (κ1) is 14.3. The molecule has 1 aliphatic heterocycles. The lowest BCUT2D eigenvalue weighted by Crippen LogP contribution is -2.52. The van der Waals surface area contributed by atoms with Crippen molar-refractivity contribution in [3.63, 3.8) is 0 Å². The van der Waals surface area contributed by atoms with Gasteiger partial charge in [-0.15, -0.1) is 0 Å². The van der Waals surface area contributed by atoms with Crippen LogP contribution in [-0.4, -0.2) is 59.6 Å². The number of rotatable bonds is 4. The van der Waals surface area contributed by atoms with Crippen LogP contribution in [0.25, 0.3) is 0 Å². The van der Waals surface area contributed by atoms with E-state index in [9.17, 15) is 9.59 Å². The van der Waals surface area contributed by atoms with Crippen molar-refractivity contribution < 1.29 is 14.7 Å². The van der Waals surface area contributed by atoms with Crippen molar-refractivity contribution in [2.24, 2.45) is 0 Å². The highest BCUT2D eigenvalue weighted by Crippen LogP contribution is 2.08. The number of nitrogens with one attached hydrogen (secondary N) is 1. The zero-order chi connectivity index (χ0) is 14.4. The number of piperazine rings is 1. The van der Waals surface area contributed by atoms with E-state index in [-0.39, 0.29) is 12.6 Å². The maximum absolute atomic E-state index is 11.7. The van der Waals surface area contributed by atoms with Crippen LogP contribution in [0.15, 0.2) is 30.3 Å². The molecule has 0 radical (unpaired) electrons. The van der Waals surface area contributed by atoms with Crippen molar-refractivity contribution in [3.05, 3.63) is 35.9 Å². The highest BCUT2D eigenvalue weighted by Gasteiger charge is 2.21. The maximum Gasteiger partial charge on any atom is 0.323 e. The monoisotopic (exact) mass is 277 g/mol. The molecule has 6 nitrogen and oxygen atoms in total. The molecular formula is C14H19N3O3. The molecule has 0 unspecified atom stereocenters. The molecule has 1 saturated heterocycles. The topological polar surface area (TPSA) is 72.9 Å². The molecule has 2 amide bonds. The second-order valence-electron chi connectivity index (χ2n) is 4.80. The summed E-state index contributed by atoms with van der Waals surface area (Å²) in [7, 11) is 0. The van der Waals surface area contributed by atoms with Crippen molar-refractivity contribution >= 4 is 12.0 Å². The van der Waals surface area contributed by atoms with Crippen molar-refractivity contribution in [2.45, 2.75) is 6.54 Å². The number of carboxylic acids is 1. The lowest BCUT2D eigenvalue weighted by molar-refractivity contribution is -0.135. The van der Waals surface area contributed by atoms with E-state index in [4.69, 9.17) is 5.11 Å². The summed E-state index contributed by atoms with van der Waals surface area (Å²) in [4.78, 5) is 26.0. The van der Waals surface area contributed by atoms with Gasteiger partial charge in [-0.25, -0.2) is 4.79 Å². The molecule has 1 aromatic carbocycles. The molecule has 108 valence electrons. The smallest absolute Gasteiger partial charge is 0.323 e. The maximum atomic E-state index is 11.7. The first-order valence-electron chi connectivity index (χ1n) is 6.66. The summed E-state index contributed by atoms with van der Waals surface area (Å²) in [5, 5.41) is 10.9. The van der Waals surface area contributed by atoms with E-state index in [1.165, 1.54) is 5.56 Å². The lowest BCUT2D eigenvalue weighted by atomic mass is 10.2. The Morgan fingerprint density at radius 2 is 1.75 bits per heavy atom. The number of aliphatic carboxylic acids is 1. The molecule has 6 heteroatoms. The molecule has 2 rings (SSSR count). The number of urea groups is 1. The molecule has 0 atom stereocenters. The third-order valence-corrected chi connectivity index (χ3v) is 3.30. The lowest BCUT2D eigenvalue weighted by Gasteiger charge is -2.34. The second kappa shape index (κ2) is 6.91. The van der Waals surface area contributed by atoms with Gasteiger partial charge in [-0.05, 0) is 5.56 Å². The molecule has 0 bridgehead atoms. The van der Waals surface area contributed by atoms with Crippen LogP contribution < -0.4 is 5.32 Å². The molecule has 2 N–H and O–H groups in total. The van der Waals surface area contributed by atoms with Gasteiger partial charge in [-0.2, -0.15) is 0 Å². The Labute approximate surface area is 118 Å². The molecule has 1 aliphatic rings. The van der Waals surface area contributed by atoms with Crippen LogP contribution >= 0.6 is 0 Å². The van der Waals surface area contributed by atoms with Crippen molar-refractivity contribution in [3.8, 4) is 0 Å². The molecule has 20 heavy (non-hydrogen) atoms. The normalized spacial score (nSPS) is 15.9. The SMILES string of the molecule is O=C(O)CNC(=O)N1CCN(Cc2ccccc2)CC1. The molecule has 1 aromatic rings. The van der Waals surface area contributed by atoms with Crippen molar-refractivity contribution in [1.82, 2.24) is 15.1 Å². The number of nitrogens with zero attached hydrogens (tertiary/aromatic N) is 2. The van der Waals surface area contributed by atoms with Crippen LogP contribution in [0.2, 0.25) is 0 Å². The Kier molecular flexibility index (Phi) is 4.95. The van der Waals surface area contributed by atoms with Crippen molar-refractivity contribution in [1.29, 1.82) is 0 Å². The van der Waals surface area contributed by atoms with Gasteiger partial charge in [0.2, 0.25) is 0 Å². The van der Waals surface area contributed by atoms with Gasteiger partial charge in [0.1, 0.15) is 6.54 Å². The number of benzene rings is 1. The summed E-state index contributed by atoms with van der Waals surface area (Å²) in [6, 6.07) is 9.91. The molecule has 0 aromatic heterocycles. The number of carbonyl (C=O) groups is 2. The van der Waals surface area contributed by atoms with E-state index in [1.54, 1.807) is 4.90 Å². The third kappa shape index (κ3) is 4.24. The van der Waals surface area contributed by atoms with Crippen LogP contribution in [0.3, 0.4) is 0 Å². The highest BCUT2D eigenvalue weighted by atomic mass is 16.4. The van der Waals surface area contributed by atoms with Crippen molar-refractivity contribution in [2.75, 3.05) is 32.7 Å². The van der Waals surface area contributed by atoms with E-state index in [1.807, 2.05) is 18.2 Å². The van der Waals surface area contributed by atoms with E-state index >= 15 is 0 Å². The van der Waals surface area contributed by atoms with Crippen LogP contribution in [0, 0.1) is 0 Å². The van der Waals surface area contributed by atoms with Crippen LogP contribution in [0.1, 0.15) is 5.56 Å². The Morgan fingerprint density at radius 1 is 1.10 bits per heavy atom. The summed E-state index contributed by atoms with van der Waals surface area (Å²) >= 11 is 0. The fourth-order valence-electron chi connectivity index (χ4n) is 2.21. The fourth-order valence-corrected chi connectivity index (χ4v) is 2.21. The van der Waals surface area contributed by atoms with Crippen LogP contribution in [0.4, 0.5) is 4.79 Å². The molecule has 0 aliphatic carbocycles. The average molecular weight is 277 g/mol. The Morgan fingerprint density at radius 3 is 2.35 bits per heavy atom. The largest absolute Gasteiger partial charge is 0.480 e. The van der Waals surface area contributed by atoms with Gasteiger partial charge in [0.25, 0.3) is 0 Å². The summed E-state index contributed by atoms with van der Waals surface area (Å²) < 4.78 is 0. The minimum Gasteiger partial charge on any atom is -0.480 e. The van der Waals surface area contributed by atoms with E-state index in [2.05, 4.69) is 22.3 Å². The Balaban J connectivity index is 1.75. The van der Waals surface area contributed by atoms with Crippen LogP contribution in [-0.2, 0) is 11.3 Å². The van der Waals surface area contributed by atoms with Gasteiger partial charge in [0.15, 0.2) is 0 Å². The van der Waals surface area contributed by atoms with Gasteiger partial charge >= 0.3 is 12.0 Å². The Bertz CT molecular complexity index is 456. The summed E-state index contributed by atoms with van der Waals surface area (Å²) in [6.45, 7) is 3.40. The number of hydrogen-bond acceptors (Lipinski definition) is 3. The predicted octanol–water partition coefficient (Wildman–Crippen LogP) is 0.598. The minimum absolute atomic E-state index is 0.299. The average Bonchev–Trinajstić information content (AvgIpc) is 2.46. The first-order chi connectivity index (χ1) is 9.65. The predicted molar refractivity (Wildman–Crippen MR) is 74.3 cm³/mol. The van der Waals surface area contributed by atoms with E-state index in [0.29, 0.717) is 13.1 Å². The molecule has 1 heterocycles. The number of carboxylic acid groups (broad SMARTS) is 1. The quantitative estimate of drug-likeness (QED) is 0.845. The molecule has 0 saturated carbocycles. The summed E-state index contributed by atoms with van der Waals surface area (Å²) in [6.07, 6.45) is 0. The molecule has 1 fully saturated rings. The highest BCUT2D eigenvalue weighted by molar-refractivity contribution is 5.80. The third-order valence-electron chi connectivity index (χ3n) is 3.30. The number of carbonyl (C=O) groups excluding carboxylic acids is 1. The first-order valence-corrected chi connectivity index (χ1v) is 6.66. The van der Waals surface area contributed by atoms with Gasteiger partial charge in [-0.1, -0.05) is 30.3 Å². The Hall–Kier alpha value is -2.08. The minimum atomic E-state index is -1.03. The summed E-state index contributed by atoms with van der Waals surface area (Å²) in [5.41, 5.74) is 1.26. The van der Waals surface area contributed by atoms with E-state index < -0.39 is 5.97 Å². The fraction of sp³-hybridized carbons (Fsp3) is 0.429. The molecule has 0 spiro atoms. The number of amides is 2. The van der Waals surface area contributed by atoms with Gasteiger partial charge in [-0.3, -0.25) is 9.69 Å². The zero-order valence-corrected chi connectivity index (χ0v) is 11.3. The van der Waals surface area contributed by atoms with E-state index in [0.717, 1.165) is 19.6 Å². The van der Waals surface area contributed by atoms with Gasteiger partial charge in [0.05, 0.1) is 0 Å². The zero-order valence-electron chi connectivity index (χ0n) is 11.3.